The van der Waals surface area contributed by atoms with E-state index in [-0.39, 0.29) is 23.8 Å². The molecule has 0 aromatic carbocycles. The quantitative estimate of drug-likeness (QED) is 0.668. The number of hydrogen-bond donors (Lipinski definition) is 2. The third-order valence-electron chi connectivity index (χ3n) is 4.65. The Hall–Kier alpha value is -2.76. The van der Waals surface area contributed by atoms with Crippen molar-refractivity contribution in [1.29, 1.82) is 0 Å². The molecule has 2 aromatic heterocycles. The van der Waals surface area contributed by atoms with E-state index in [2.05, 4.69) is 22.1 Å². The fourth-order valence-electron chi connectivity index (χ4n) is 3.76. The van der Waals surface area contributed by atoms with Crippen molar-refractivity contribution >= 4 is 11.9 Å². The predicted molar refractivity (Wildman–Crippen MR) is 86.3 cm³/mol. The summed E-state index contributed by atoms with van der Waals surface area (Å²) >= 11 is 0. The second-order valence-corrected chi connectivity index (χ2v) is 5.85. The summed E-state index contributed by atoms with van der Waals surface area (Å²) in [5.41, 5.74) is 4.92. The summed E-state index contributed by atoms with van der Waals surface area (Å²) in [5.74, 6) is -0.819. The van der Waals surface area contributed by atoms with Gasteiger partial charge in [0.15, 0.2) is 0 Å². The zero-order valence-electron chi connectivity index (χ0n) is 13.5. The minimum atomic E-state index is -0.345. The van der Waals surface area contributed by atoms with Crippen LogP contribution in [0.2, 0.25) is 0 Å². The summed E-state index contributed by atoms with van der Waals surface area (Å²) in [6.07, 6.45) is 7.84. The molecule has 24 heavy (non-hydrogen) atoms. The topological polar surface area (TPSA) is 84.2 Å². The maximum absolute atomic E-state index is 12.2. The predicted octanol–water partition coefficient (Wildman–Crippen LogP) is 2.84. The number of esters is 2. The SMILES string of the molecule is CCOC(=O)c1[nH]cc2c1C1C=CC2c2c1c[nH]c2C(=O)OCC. The van der Waals surface area contributed by atoms with Crippen molar-refractivity contribution in [3.8, 4) is 0 Å². The van der Waals surface area contributed by atoms with Crippen LogP contribution < -0.4 is 0 Å². The van der Waals surface area contributed by atoms with Gasteiger partial charge >= 0.3 is 11.9 Å². The number of carbonyl (C=O) groups is 2. The smallest absolute Gasteiger partial charge is 0.355 e. The first-order valence-electron chi connectivity index (χ1n) is 8.12. The molecule has 3 aliphatic carbocycles. The van der Waals surface area contributed by atoms with E-state index in [4.69, 9.17) is 9.47 Å². The normalized spacial score (nSPS) is 19.8. The van der Waals surface area contributed by atoms with Crippen LogP contribution >= 0.6 is 0 Å². The van der Waals surface area contributed by atoms with Crippen LogP contribution in [-0.2, 0) is 9.47 Å². The van der Waals surface area contributed by atoms with Crippen LogP contribution in [0.4, 0.5) is 0 Å². The molecule has 0 radical (unpaired) electrons. The Labute approximate surface area is 138 Å². The van der Waals surface area contributed by atoms with Crippen molar-refractivity contribution in [3.63, 3.8) is 0 Å². The molecule has 2 aromatic rings. The fraction of sp³-hybridized carbons (Fsp3) is 0.333. The second-order valence-electron chi connectivity index (χ2n) is 5.85. The summed E-state index contributed by atoms with van der Waals surface area (Å²) < 4.78 is 10.3. The summed E-state index contributed by atoms with van der Waals surface area (Å²) in [7, 11) is 0. The van der Waals surface area contributed by atoms with E-state index in [1.165, 1.54) is 0 Å². The summed E-state index contributed by atoms with van der Waals surface area (Å²) in [6.45, 7) is 4.24. The number of nitrogens with one attached hydrogen (secondary N) is 2. The second kappa shape index (κ2) is 5.40. The number of aromatic nitrogens is 2. The van der Waals surface area contributed by atoms with Gasteiger partial charge in [0.1, 0.15) is 11.4 Å². The van der Waals surface area contributed by atoms with Crippen LogP contribution in [0.3, 0.4) is 0 Å². The molecule has 0 fully saturated rings. The molecule has 0 amide bonds. The molecule has 5 rings (SSSR count). The van der Waals surface area contributed by atoms with Crippen molar-refractivity contribution in [2.45, 2.75) is 25.7 Å². The van der Waals surface area contributed by atoms with E-state index in [9.17, 15) is 9.59 Å². The van der Waals surface area contributed by atoms with Gasteiger partial charge in [0.05, 0.1) is 13.2 Å². The van der Waals surface area contributed by atoms with Crippen LogP contribution in [0.5, 0.6) is 0 Å². The van der Waals surface area contributed by atoms with Crippen LogP contribution in [0.1, 0.15) is 68.9 Å². The van der Waals surface area contributed by atoms with E-state index < -0.39 is 0 Å². The van der Waals surface area contributed by atoms with Gasteiger partial charge in [-0.2, -0.15) is 0 Å². The Morgan fingerprint density at radius 2 is 1.29 bits per heavy atom. The number of allylic oxidation sites excluding steroid dienone is 2. The van der Waals surface area contributed by atoms with Gasteiger partial charge in [0.25, 0.3) is 0 Å². The molecular formula is C18H18N2O4. The average Bonchev–Trinajstić information content (AvgIpc) is 3.22. The first-order chi connectivity index (χ1) is 11.7. The van der Waals surface area contributed by atoms with E-state index in [1.54, 1.807) is 13.8 Å². The number of ether oxygens (including phenoxy) is 2. The maximum atomic E-state index is 12.2. The Kier molecular flexibility index (Phi) is 3.33. The first kappa shape index (κ1) is 14.8. The molecule has 3 aliphatic rings. The molecule has 0 saturated carbocycles. The molecule has 2 atom stereocenters. The molecule has 6 heteroatoms. The Balaban J connectivity index is 1.80. The van der Waals surface area contributed by atoms with Crippen LogP contribution in [-0.4, -0.2) is 35.1 Å². The molecule has 2 N–H and O–H groups in total. The molecule has 2 bridgehead atoms. The number of hydrogen-bond acceptors (Lipinski definition) is 4. The zero-order valence-corrected chi connectivity index (χ0v) is 13.5. The third-order valence-corrected chi connectivity index (χ3v) is 4.65. The van der Waals surface area contributed by atoms with Crippen LogP contribution in [0, 0.1) is 0 Å². The largest absolute Gasteiger partial charge is 0.461 e. The molecule has 6 nitrogen and oxygen atoms in total. The van der Waals surface area contributed by atoms with E-state index in [1.807, 2.05) is 12.4 Å². The van der Waals surface area contributed by atoms with Crippen molar-refractivity contribution in [2.75, 3.05) is 13.2 Å². The van der Waals surface area contributed by atoms with Gasteiger partial charge in [0, 0.05) is 24.2 Å². The Bertz CT molecular complexity index is 788. The lowest BCUT2D eigenvalue weighted by molar-refractivity contribution is 0.0508. The maximum Gasteiger partial charge on any atom is 0.355 e. The van der Waals surface area contributed by atoms with E-state index in [0.29, 0.717) is 24.6 Å². The van der Waals surface area contributed by atoms with Gasteiger partial charge in [-0.15, -0.1) is 0 Å². The fourth-order valence-corrected chi connectivity index (χ4v) is 3.76. The highest BCUT2D eigenvalue weighted by Crippen LogP contribution is 2.51. The standard InChI is InChI=1S/C18H18N2O4/c1-3-23-17(21)15-13-9-5-6-10(11(13)7-19-15)14-12(9)8-20-16(14)18(22)24-4-2/h5-10,19-20H,3-4H2,1-2H3. The van der Waals surface area contributed by atoms with Gasteiger partial charge < -0.3 is 19.4 Å². The van der Waals surface area contributed by atoms with Crippen LogP contribution in [0.25, 0.3) is 0 Å². The zero-order chi connectivity index (χ0) is 16.8. The van der Waals surface area contributed by atoms with Crippen molar-refractivity contribution in [2.24, 2.45) is 0 Å². The lowest BCUT2D eigenvalue weighted by atomic mass is 9.69. The number of aromatic amines is 2. The molecule has 0 spiro atoms. The van der Waals surface area contributed by atoms with Crippen molar-refractivity contribution in [1.82, 2.24) is 9.97 Å². The highest BCUT2D eigenvalue weighted by Gasteiger charge is 2.41. The number of rotatable bonds is 4. The molecule has 0 aliphatic heterocycles. The number of carbonyl (C=O) groups excluding carboxylic acids is 2. The van der Waals surface area contributed by atoms with E-state index in [0.717, 1.165) is 22.3 Å². The average molecular weight is 326 g/mol. The molecule has 2 unspecified atom stereocenters. The Morgan fingerprint density at radius 1 is 0.875 bits per heavy atom. The molecule has 2 heterocycles. The highest BCUT2D eigenvalue weighted by atomic mass is 16.5. The van der Waals surface area contributed by atoms with Gasteiger partial charge in [-0.05, 0) is 36.1 Å². The highest BCUT2D eigenvalue weighted by molar-refractivity contribution is 5.94. The van der Waals surface area contributed by atoms with Crippen molar-refractivity contribution < 1.29 is 19.1 Å². The summed E-state index contributed by atoms with van der Waals surface area (Å²) in [6, 6.07) is 0. The lowest BCUT2D eigenvalue weighted by Crippen LogP contribution is -2.22. The number of H-pyrrole nitrogens is 2. The minimum absolute atomic E-state index is 0.0647. The Morgan fingerprint density at radius 3 is 1.67 bits per heavy atom. The molecule has 124 valence electrons. The minimum Gasteiger partial charge on any atom is -0.461 e. The third kappa shape index (κ3) is 1.89. The van der Waals surface area contributed by atoms with Crippen LogP contribution in [0.15, 0.2) is 24.5 Å². The summed E-state index contributed by atoms with van der Waals surface area (Å²) in [4.78, 5) is 30.5. The monoisotopic (exact) mass is 326 g/mol. The van der Waals surface area contributed by atoms with Gasteiger partial charge in [-0.1, -0.05) is 12.2 Å². The van der Waals surface area contributed by atoms with Gasteiger partial charge in [0.2, 0.25) is 0 Å². The van der Waals surface area contributed by atoms with E-state index >= 15 is 0 Å². The molecular weight excluding hydrogens is 308 g/mol. The van der Waals surface area contributed by atoms with Gasteiger partial charge in [-0.3, -0.25) is 0 Å². The summed E-state index contributed by atoms with van der Waals surface area (Å²) in [5, 5.41) is 0. The van der Waals surface area contributed by atoms with Crippen molar-refractivity contribution in [3.05, 3.63) is 58.2 Å². The first-order valence-corrected chi connectivity index (χ1v) is 8.12. The van der Waals surface area contributed by atoms with Gasteiger partial charge in [-0.25, -0.2) is 9.59 Å². The lowest BCUT2D eigenvalue weighted by Gasteiger charge is -2.32. The molecule has 0 saturated heterocycles.